The third-order valence-electron chi connectivity index (χ3n) is 1.98. The van der Waals surface area contributed by atoms with Gasteiger partial charge in [0.05, 0.1) is 4.95 Å². The topological polar surface area (TPSA) is 29.3 Å². The molecule has 0 aliphatic carbocycles. The second-order valence-corrected chi connectivity index (χ2v) is 3.82. The maximum absolute atomic E-state index is 5.51. The smallest absolute Gasteiger partial charge is 0.0779 e. The van der Waals surface area contributed by atoms with Gasteiger partial charge >= 0.3 is 0 Å². The van der Waals surface area contributed by atoms with Gasteiger partial charge in [0.25, 0.3) is 0 Å². The maximum atomic E-state index is 5.51. The average Bonchev–Trinajstić information content (AvgIpc) is 2.05. The van der Waals surface area contributed by atoms with Crippen LogP contribution in [0.2, 0.25) is 0 Å². The molecule has 11 heavy (non-hydrogen) atoms. The van der Waals surface area contributed by atoms with Crippen LogP contribution in [0, 0.1) is 0 Å². The number of halogens is 2. The van der Waals surface area contributed by atoms with Crippen molar-refractivity contribution in [1.82, 2.24) is 4.90 Å². The van der Waals surface area contributed by atoms with Gasteiger partial charge in [-0.2, -0.15) is 0 Å². The molecule has 0 aromatic heterocycles. The van der Waals surface area contributed by atoms with E-state index in [4.69, 9.17) is 5.73 Å². The zero-order valence-corrected chi connectivity index (χ0v) is 9.93. The Labute approximate surface area is 87.4 Å². The third-order valence-corrected chi connectivity index (χ3v) is 2.93. The molecule has 68 valence electrons. The number of hydrogen-bond donors (Lipinski definition) is 1. The number of piperidine rings is 1. The molecule has 1 rings (SSSR count). The van der Waals surface area contributed by atoms with Crippen LogP contribution in [0.3, 0.4) is 0 Å². The first kappa shape index (κ1) is 11.9. The van der Waals surface area contributed by atoms with E-state index in [9.17, 15) is 0 Å². The van der Waals surface area contributed by atoms with Gasteiger partial charge in [0, 0.05) is 6.54 Å². The number of nitrogens with two attached hydrogens (primary N) is 1. The lowest BCUT2D eigenvalue weighted by Crippen LogP contribution is -2.39. The highest BCUT2D eigenvalue weighted by molar-refractivity contribution is 9.09. The Balaban J connectivity index is 0.000001000. The molecule has 2 N–H and O–H groups in total. The van der Waals surface area contributed by atoms with E-state index in [1.807, 2.05) is 0 Å². The Morgan fingerprint density at radius 2 is 1.82 bits per heavy atom. The Morgan fingerprint density at radius 3 is 2.27 bits per heavy atom. The van der Waals surface area contributed by atoms with Crippen LogP contribution in [-0.4, -0.2) is 29.5 Å². The Hall–Kier alpha value is 0.880. The number of hydrogen-bond acceptors (Lipinski definition) is 2. The van der Waals surface area contributed by atoms with Gasteiger partial charge in [-0.15, -0.1) is 17.0 Å². The van der Waals surface area contributed by atoms with Gasteiger partial charge in [-0.1, -0.05) is 22.4 Å². The van der Waals surface area contributed by atoms with Crippen molar-refractivity contribution in [3.05, 3.63) is 0 Å². The van der Waals surface area contributed by atoms with Gasteiger partial charge in [-0.05, 0) is 25.9 Å². The first-order chi connectivity index (χ1) is 4.84. The van der Waals surface area contributed by atoms with Crippen molar-refractivity contribution in [1.29, 1.82) is 0 Å². The van der Waals surface area contributed by atoms with Crippen molar-refractivity contribution in [2.75, 3.05) is 19.6 Å². The predicted octanol–water partition coefficient (Wildman–Crippen LogP) is 1.73. The minimum absolute atomic E-state index is 0. The van der Waals surface area contributed by atoms with Crippen LogP contribution in [0.25, 0.3) is 0 Å². The summed E-state index contributed by atoms with van der Waals surface area (Å²) in [4.78, 5) is 2.82. The van der Waals surface area contributed by atoms with E-state index in [2.05, 4.69) is 20.8 Å². The zero-order chi connectivity index (χ0) is 7.40. The maximum Gasteiger partial charge on any atom is 0.0779 e. The molecule has 4 heteroatoms. The van der Waals surface area contributed by atoms with Crippen LogP contribution in [0.15, 0.2) is 0 Å². The fourth-order valence-electron chi connectivity index (χ4n) is 1.35. The van der Waals surface area contributed by atoms with E-state index in [0.29, 0.717) is 4.95 Å². The summed E-state index contributed by atoms with van der Waals surface area (Å²) < 4.78 is 0. The second kappa shape index (κ2) is 6.40. The third kappa shape index (κ3) is 3.87. The fourth-order valence-corrected chi connectivity index (χ4v) is 1.76. The van der Waals surface area contributed by atoms with E-state index in [1.54, 1.807) is 0 Å². The lowest BCUT2D eigenvalue weighted by Gasteiger charge is -2.30. The largest absolute Gasteiger partial charge is 0.328 e. The normalized spacial score (nSPS) is 22.4. The molecule has 1 fully saturated rings. The van der Waals surface area contributed by atoms with Crippen LogP contribution in [0.1, 0.15) is 19.3 Å². The minimum atomic E-state index is 0. The molecule has 0 saturated carbocycles. The lowest BCUT2D eigenvalue weighted by molar-refractivity contribution is 0.220. The van der Waals surface area contributed by atoms with Gasteiger partial charge in [0.1, 0.15) is 0 Å². The van der Waals surface area contributed by atoms with Gasteiger partial charge in [-0.25, -0.2) is 0 Å². The van der Waals surface area contributed by atoms with Crippen LogP contribution >= 0.6 is 32.9 Å². The highest BCUT2D eigenvalue weighted by Gasteiger charge is 2.15. The molecule has 1 atom stereocenters. The summed E-state index contributed by atoms with van der Waals surface area (Å²) in [7, 11) is 0. The van der Waals surface area contributed by atoms with Gasteiger partial charge in [-0.3, -0.25) is 4.90 Å². The first-order valence-electron chi connectivity index (χ1n) is 3.93. The van der Waals surface area contributed by atoms with Crippen LogP contribution in [0.4, 0.5) is 0 Å². The fraction of sp³-hybridized carbons (Fsp3) is 1.00. The summed E-state index contributed by atoms with van der Waals surface area (Å²) in [5.74, 6) is 0. The second-order valence-electron chi connectivity index (χ2n) is 2.77. The molecule has 1 saturated heterocycles. The van der Waals surface area contributed by atoms with Crippen molar-refractivity contribution < 1.29 is 0 Å². The van der Waals surface area contributed by atoms with E-state index >= 15 is 0 Å². The molecule has 2 nitrogen and oxygen atoms in total. The number of alkyl halides is 1. The summed E-state index contributed by atoms with van der Waals surface area (Å²) >= 11 is 3.54. The first-order valence-corrected chi connectivity index (χ1v) is 4.84. The predicted molar refractivity (Wildman–Crippen MR) is 57.5 cm³/mol. The van der Waals surface area contributed by atoms with E-state index in [1.165, 1.54) is 32.4 Å². The van der Waals surface area contributed by atoms with Crippen molar-refractivity contribution in [2.45, 2.75) is 24.2 Å². The summed E-state index contributed by atoms with van der Waals surface area (Å²) in [6.45, 7) is 3.15. The van der Waals surface area contributed by atoms with Gasteiger partial charge in [0.2, 0.25) is 0 Å². The van der Waals surface area contributed by atoms with Crippen molar-refractivity contribution in [2.24, 2.45) is 5.73 Å². The molecular weight excluding hydrogens is 272 g/mol. The van der Waals surface area contributed by atoms with Crippen molar-refractivity contribution in [3.63, 3.8) is 0 Å². The Bertz CT molecular complexity index is 94.4. The molecule has 0 bridgehead atoms. The Kier molecular flexibility index (Phi) is 6.91. The summed E-state index contributed by atoms with van der Waals surface area (Å²) in [5.41, 5.74) is 5.51. The number of nitrogens with zero attached hydrogens (tertiary/aromatic N) is 1. The summed E-state index contributed by atoms with van der Waals surface area (Å²) in [6, 6.07) is 0. The number of rotatable bonds is 2. The van der Waals surface area contributed by atoms with Crippen LogP contribution < -0.4 is 5.73 Å². The molecule has 0 radical (unpaired) electrons. The number of likely N-dealkylation sites (tertiary alicyclic amines) is 1. The minimum Gasteiger partial charge on any atom is -0.328 e. The standard InChI is InChI=1S/C7H15BrN2.BrH/c8-7(6-9)10-4-2-1-3-5-10;/h7H,1-6,9H2;1H. The molecule has 1 heterocycles. The van der Waals surface area contributed by atoms with E-state index < -0.39 is 0 Å². The van der Waals surface area contributed by atoms with Gasteiger partial charge < -0.3 is 5.73 Å². The molecular formula is C7H16Br2N2. The molecule has 0 spiro atoms. The zero-order valence-electron chi connectivity index (χ0n) is 6.63. The molecule has 0 aromatic carbocycles. The highest BCUT2D eigenvalue weighted by atomic mass is 79.9. The van der Waals surface area contributed by atoms with E-state index in [-0.39, 0.29) is 17.0 Å². The van der Waals surface area contributed by atoms with Crippen molar-refractivity contribution >= 4 is 32.9 Å². The average molecular weight is 288 g/mol. The quantitative estimate of drug-likeness (QED) is 0.619. The van der Waals surface area contributed by atoms with Gasteiger partial charge in [0.15, 0.2) is 0 Å². The van der Waals surface area contributed by atoms with Crippen molar-refractivity contribution in [3.8, 4) is 0 Å². The summed E-state index contributed by atoms with van der Waals surface area (Å²) in [5, 5.41) is 0. The Morgan fingerprint density at radius 1 is 1.27 bits per heavy atom. The molecule has 0 amide bonds. The SMILES string of the molecule is Br.NCC(Br)N1CCCCC1. The van der Waals surface area contributed by atoms with Crippen LogP contribution in [-0.2, 0) is 0 Å². The molecule has 1 aliphatic heterocycles. The molecule has 1 aliphatic rings. The lowest BCUT2D eigenvalue weighted by atomic mass is 10.1. The molecule has 1 unspecified atom stereocenters. The van der Waals surface area contributed by atoms with E-state index in [0.717, 1.165) is 6.54 Å². The molecule has 0 aromatic rings. The highest BCUT2D eigenvalue weighted by Crippen LogP contribution is 2.14. The monoisotopic (exact) mass is 286 g/mol. The summed E-state index contributed by atoms with van der Waals surface area (Å²) in [6.07, 6.45) is 4.06. The van der Waals surface area contributed by atoms with Crippen LogP contribution in [0.5, 0.6) is 0 Å².